The number of carbonyl (C=O) groups excluding carboxylic acids is 2. The second-order valence-electron chi connectivity index (χ2n) is 4.98. The van der Waals surface area contributed by atoms with Crippen molar-refractivity contribution in [3.05, 3.63) is 42.2 Å². The van der Waals surface area contributed by atoms with E-state index < -0.39 is 6.03 Å². The third-order valence-electron chi connectivity index (χ3n) is 2.85. The Morgan fingerprint density at radius 1 is 1.23 bits per heavy atom. The number of anilines is 1. The predicted octanol–water partition coefficient (Wildman–Crippen LogP) is 2.51. The van der Waals surface area contributed by atoms with Crippen LogP contribution in [0.25, 0.3) is 0 Å². The third-order valence-corrected chi connectivity index (χ3v) is 2.85. The van der Waals surface area contributed by atoms with Gasteiger partial charge in [0, 0.05) is 18.7 Å². The number of primary amides is 1. The number of unbranched alkanes of at least 4 members (excludes halogenated alkanes) is 1. The normalized spacial score (nSPS) is 9.86. The van der Waals surface area contributed by atoms with E-state index in [1.165, 1.54) is 0 Å². The average Bonchev–Trinajstić information content (AvgIpc) is 2.45. The molecule has 6 nitrogen and oxygen atoms in total. The molecule has 0 aromatic heterocycles. The molecule has 0 saturated heterocycles. The van der Waals surface area contributed by atoms with Crippen molar-refractivity contribution in [2.75, 3.05) is 11.9 Å². The second kappa shape index (κ2) is 9.44. The molecule has 120 valence electrons. The van der Waals surface area contributed by atoms with Gasteiger partial charge in [-0.2, -0.15) is 0 Å². The minimum Gasteiger partial charge on any atom is -0.494 e. The van der Waals surface area contributed by atoms with Gasteiger partial charge >= 0.3 is 6.03 Å². The Bertz CT molecular complexity index is 512. The zero-order valence-corrected chi connectivity index (χ0v) is 12.9. The molecule has 0 heterocycles. The first-order valence-corrected chi connectivity index (χ1v) is 7.18. The van der Waals surface area contributed by atoms with Gasteiger partial charge in [0.05, 0.1) is 5.76 Å². The van der Waals surface area contributed by atoms with E-state index in [2.05, 4.69) is 17.2 Å². The van der Waals surface area contributed by atoms with Crippen LogP contribution in [0, 0.1) is 0 Å². The van der Waals surface area contributed by atoms with E-state index in [1.54, 1.807) is 6.92 Å². The van der Waals surface area contributed by atoms with Gasteiger partial charge < -0.3 is 21.1 Å². The molecule has 1 aromatic rings. The maximum Gasteiger partial charge on any atom is 0.312 e. The number of rotatable bonds is 9. The number of nitrogens with one attached hydrogen (secondary N) is 2. The molecule has 0 radical (unpaired) electrons. The molecule has 0 unspecified atom stereocenters. The van der Waals surface area contributed by atoms with Crippen molar-refractivity contribution in [1.29, 1.82) is 0 Å². The summed E-state index contributed by atoms with van der Waals surface area (Å²) in [4.78, 5) is 22.2. The van der Waals surface area contributed by atoms with Gasteiger partial charge in [-0.15, -0.1) is 0 Å². The summed E-state index contributed by atoms with van der Waals surface area (Å²) in [6.07, 6.45) is 1.81. The van der Waals surface area contributed by atoms with Crippen molar-refractivity contribution in [2.24, 2.45) is 5.73 Å². The van der Waals surface area contributed by atoms with Crippen LogP contribution in [0.1, 0.15) is 31.7 Å². The number of urea groups is 1. The van der Waals surface area contributed by atoms with E-state index in [0.29, 0.717) is 38.2 Å². The lowest BCUT2D eigenvalue weighted by atomic mass is 10.2. The van der Waals surface area contributed by atoms with Crippen LogP contribution in [0.4, 0.5) is 10.5 Å². The van der Waals surface area contributed by atoms with Gasteiger partial charge in [-0.1, -0.05) is 18.7 Å². The first-order chi connectivity index (χ1) is 10.5. The number of nitrogens with two attached hydrogens (primary N) is 1. The summed E-state index contributed by atoms with van der Waals surface area (Å²) in [5.41, 5.74) is 6.71. The van der Waals surface area contributed by atoms with Crippen LogP contribution in [0.3, 0.4) is 0 Å². The molecule has 1 aromatic carbocycles. The second-order valence-corrected chi connectivity index (χ2v) is 4.98. The van der Waals surface area contributed by atoms with Crippen molar-refractivity contribution in [2.45, 2.75) is 32.8 Å². The van der Waals surface area contributed by atoms with Gasteiger partial charge in [0.1, 0.15) is 6.61 Å². The minimum atomic E-state index is -0.542. The molecule has 0 aliphatic carbocycles. The molecule has 4 N–H and O–H groups in total. The Balaban J connectivity index is 2.26. The first kappa shape index (κ1) is 17.6. The molecule has 0 bridgehead atoms. The van der Waals surface area contributed by atoms with Crippen LogP contribution in [0.2, 0.25) is 0 Å². The van der Waals surface area contributed by atoms with Gasteiger partial charge in [0.25, 0.3) is 0 Å². The van der Waals surface area contributed by atoms with Crippen molar-refractivity contribution in [3.8, 4) is 0 Å². The van der Waals surface area contributed by atoms with Crippen LogP contribution in [0.15, 0.2) is 36.6 Å². The van der Waals surface area contributed by atoms with Crippen LogP contribution in [-0.4, -0.2) is 18.5 Å². The highest BCUT2D eigenvalue weighted by Crippen LogP contribution is 2.12. The molecule has 0 fully saturated rings. The Kier molecular flexibility index (Phi) is 7.53. The average molecular weight is 305 g/mol. The van der Waals surface area contributed by atoms with Crippen LogP contribution in [0.5, 0.6) is 0 Å². The van der Waals surface area contributed by atoms with Gasteiger partial charge in [-0.05, 0) is 37.5 Å². The van der Waals surface area contributed by atoms with Crippen molar-refractivity contribution in [1.82, 2.24) is 5.32 Å². The Labute approximate surface area is 130 Å². The number of benzene rings is 1. The molecular formula is C16H23N3O3. The summed E-state index contributed by atoms with van der Waals surface area (Å²) in [7, 11) is 0. The molecule has 0 spiro atoms. The van der Waals surface area contributed by atoms with E-state index in [4.69, 9.17) is 10.5 Å². The fourth-order valence-electron chi connectivity index (χ4n) is 1.74. The quantitative estimate of drug-likeness (QED) is 0.483. The van der Waals surface area contributed by atoms with E-state index in [9.17, 15) is 9.59 Å². The largest absolute Gasteiger partial charge is 0.494 e. The van der Waals surface area contributed by atoms with E-state index >= 15 is 0 Å². The van der Waals surface area contributed by atoms with Gasteiger partial charge in [-0.25, -0.2) is 4.79 Å². The highest BCUT2D eigenvalue weighted by atomic mass is 16.5. The maximum atomic E-state index is 11.7. The molecule has 0 saturated carbocycles. The topological polar surface area (TPSA) is 93.4 Å². The number of amides is 3. The van der Waals surface area contributed by atoms with Crippen LogP contribution < -0.4 is 16.4 Å². The highest BCUT2D eigenvalue weighted by molar-refractivity contribution is 5.90. The third kappa shape index (κ3) is 7.94. The van der Waals surface area contributed by atoms with Crippen LogP contribution in [-0.2, 0) is 16.1 Å². The molecule has 3 amide bonds. The summed E-state index contributed by atoms with van der Waals surface area (Å²) in [6, 6.07) is 6.93. The maximum absolute atomic E-state index is 11.7. The van der Waals surface area contributed by atoms with Gasteiger partial charge in [-0.3, -0.25) is 4.79 Å². The van der Waals surface area contributed by atoms with Gasteiger partial charge in [0.2, 0.25) is 5.91 Å². The first-order valence-electron chi connectivity index (χ1n) is 7.18. The van der Waals surface area contributed by atoms with E-state index in [-0.39, 0.29) is 5.91 Å². The summed E-state index contributed by atoms with van der Waals surface area (Å²) < 4.78 is 5.32. The van der Waals surface area contributed by atoms with Crippen LogP contribution >= 0.6 is 0 Å². The lowest BCUT2D eigenvalue weighted by Crippen LogP contribution is -2.30. The number of carbonyl (C=O) groups is 2. The smallest absolute Gasteiger partial charge is 0.312 e. The molecule has 0 atom stereocenters. The summed E-state index contributed by atoms with van der Waals surface area (Å²) in [5.74, 6) is 0.619. The van der Waals surface area contributed by atoms with Gasteiger partial charge in [0.15, 0.2) is 0 Å². The standard InChI is InChI=1S/C16H23N3O3/c1-12(2)22-11-13-6-8-14(9-7-13)19-15(20)5-3-4-10-18-16(17)21/h6-9H,1,3-5,10-11H2,2H3,(H,19,20)(H3,17,18,21). The van der Waals surface area contributed by atoms with E-state index in [1.807, 2.05) is 24.3 Å². The molecular weight excluding hydrogens is 282 g/mol. The minimum absolute atomic E-state index is 0.0509. The lowest BCUT2D eigenvalue weighted by molar-refractivity contribution is -0.116. The summed E-state index contributed by atoms with van der Waals surface area (Å²) in [5, 5.41) is 5.31. The Morgan fingerprint density at radius 2 is 1.91 bits per heavy atom. The van der Waals surface area contributed by atoms with Crippen molar-refractivity contribution in [3.63, 3.8) is 0 Å². The molecule has 1 rings (SSSR count). The molecule has 6 heteroatoms. The zero-order valence-electron chi connectivity index (χ0n) is 12.9. The fraction of sp³-hybridized carbons (Fsp3) is 0.375. The SMILES string of the molecule is C=C(C)OCc1ccc(NC(=O)CCCCNC(N)=O)cc1. The number of ether oxygens (including phenoxy) is 1. The monoisotopic (exact) mass is 305 g/mol. The molecule has 22 heavy (non-hydrogen) atoms. The molecule has 0 aliphatic rings. The Morgan fingerprint density at radius 3 is 2.50 bits per heavy atom. The predicted molar refractivity (Wildman–Crippen MR) is 86.1 cm³/mol. The molecule has 0 aliphatic heterocycles. The summed E-state index contributed by atoms with van der Waals surface area (Å²) >= 11 is 0. The highest BCUT2D eigenvalue weighted by Gasteiger charge is 2.03. The number of allylic oxidation sites excluding steroid dienone is 1. The zero-order chi connectivity index (χ0) is 16.4. The summed E-state index contributed by atoms with van der Waals surface area (Å²) in [6.45, 7) is 6.42. The Hall–Kier alpha value is -2.50. The van der Waals surface area contributed by atoms with Crippen molar-refractivity contribution >= 4 is 17.6 Å². The fourth-order valence-corrected chi connectivity index (χ4v) is 1.74. The number of hydrogen-bond acceptors (Lipinski definition) is 3. The number of hydrogen-bond donors (Lipinski definition) is 3. The van der Waals surface area contributed by atoms with Crippen molar-refractivity contribution < 1.29 is 14.3 Å². The van der Waals surface area contributed by atoms with E-state index in [0.717, 1.165) is 11.3 Å². The lowest BCUT2D eigenvalue weighted by Gasteiger charge is -2.08.